The minimum absolute atomic E-state index is 0.0347. The Bertz CT molecular complexity index is 1120. The van der Waals surface area contributed by atoms with Crippen LogP contribution in [-0.2, 0) is 6.42 Å². The van der Waals surface area contributed by atoms with Crippen molar-refractivity contribution in [2.24, 2.45) is 11.7 Å². The zero-order valence-electron chi connectivity index (χ0n) is 17.8. The Morgan fingerprint density at radius 3 is 2.38 bits per heavy atom. The second-order valence-corrected chi connectivity index (χ2v) is 8.69. The molecule has 0 aliphatic heterocycles. The summed E-state index contributed by atoms with van der Waals surface area (Å²) in [6, 6.07) is 13.4. The Morgan fingerprint density at radius 1 is 0.938 bits per heavy atom. The summed E-state index contributed by atoms with van der Waals surface area (Å²) < 4.78 is 42.7. The van der Waals surface area contributed by atoms with Crippen molar-refractivity contribution < 1.29 is 18.0 Å². The average molecular weight is 438 g/mol. The van der Waals surface area contributed by atoms with Crippen LogP contribution in [0.2, 0.25) is 0 Å². The molecule has 3 nitrogen and oxygen atoms in total. The number of halogens is 3. The van der Waals surface area contributed by atoms with Gasteiger partial charge in [0.2, 0.25) is 0 Å². The van der Waals surface area contributed by atoms with Gasteiger partial charge in [0.15, 0.2) is 5.78 Å². The molecular weight excluding hydrogens is 413 g/mol. The van der Waals surface area contributed by atoms with E-state index in [1.807, 2.05) is 24.3 Å². The van der Waals surface area contributed by atoms with Gasteiger partial charge in [-0.1, -0.05) is 37.3 Å². The SMILES string of the molecule is C[C@@H]1C[C@H](N)C[C@H](c2ccccc2CC(=O)c2ccc(F)c(-c3c(F)cccc3F)n2)C1. The fourth-order valence-corrected chi connectivity index (χ4v) is 4.76. The molecule has 1 saturated carbocycles. The Balaban J connectivity index is 1.64. The number of nitrogens with zero attached hydrogens (tertiary/aromatic N) is 1. The van der Waals surface area contributed by atoms with Gasteiger partial charge in [-0.15, -0.1) is 0 Å². The van der Waals surface area contributed by atoms with E-state index in [9.17, 15) is 18.0 Å². The summed E-state index contributed by atoms with van der Waals surface area (Å²) in [6.07, 6.45) is 2.92. The molecule has 4 rings (SSSR count). The van der Waals surface area contributed by atoms with Gasteiger partial charge >= 0.3 is 0 Å². The number of carbonyl (C=O) groups excluding carboxylic acids is 1. The molecule has 3 atom stereocenters. The fraction of sp³-hybridized carbons (Fsp3) is 0.308. The van der Waals surface area contributed by atoms with Gasteiger partial charge in [0, 0.05) is 12.5 Å². The van der Waals surface area contributed by atoms with Crippen LogP contribution in [0.15, 0.2) is 54.6 Å². The highest BCUT2D eigenvalue weighted by Gasteiger charge is 2.27. The smallest absolute Gasteiger partial charge is 0.185 e. The lowest BCUT2D eigenvalue weighted by molar-refractivity contribution is 0.0987. The number of hydrogen-bond acceptors (Lipinski definition) is 3. The normalized spacial score (nSPS) is 20.8. The number of Topliss-reactive ketones (excluding diaryl/α,β-unsaturated/α-hetero) is 1. The van der Waals surface area contributed by atoms with Gasteiger partial charge < -0.3 is 5.73 Å². The van der Waals surface area contributed by atoms with Crippen LogP contribution in [-0.4, -0.2) is 16.8 Å². The van der Waals surface area contributed by atoms with E-state index in [1.165, 1.54) is 12.1 Å². The predicted molar refractivity (Wildman–Crippen MR) is 118 cm³/mol. The van der Waals surface area contributed by atoms with Gasteiger partial charge in [-0.2, -0.15) is 0 Å². The first-order valence-electron chi connectivity index (χ1n) is 10.8. The Labute approximate surface area is 185 Å². The van der Waals surface area contributed by atoms with E-state index in [1.54, 1.807) is 0 Å². The van der Waals surface area contributed by atoms with Crippen LogP contribution in [0.5, 0.6) is 0 Å². The van der Waals surface area contributed by atoms with Crippen molar-refractivity contribution in [2.45, 2.75) is 44.6 Å². The van der Waals surface area contributed by atoms with Crippen LogP contribution in [0.25, 0.3) is 11.3 Å². The van der Waals surface area contributed by atoms with Gasteiger partial charge in [0.1, 0.15) is 28.8 Å². The number of benzene rings is 2. The predicted octanol–water partition coefficient (Wildman–Crippen LogP) is 5.82. The van der Waals surface area contributed by atoms with Gasteiger partial charge in [0.05, 0.1) is 5.56 Å². The van der Waals surface area contributed by atoms with E-state index in [0.29, 0.717) is 5.92 Å². The largest absolute Gasteiger partial charge is 0.328 e. The number of ketones is 1. The van der Waals surface area contributed by atoms with Crippen molar-refractivity contribution >= 4 is 5.78 Å². The monoisotopic (exact) mass is 438 g/mol. The maximum absolute atomic E-state index is 14.4. The van der Waals surface area contributed by atoms with E-state index in [4.69, 9.17) is 5.73 Å². The molecule has 0 spiro atoms. The minimum atomic E-state index is -0.936. The van der Waals surface area contributed by atoms with Crippen molar-refractivity contribution in [3.63, 3.8) is 0 Å². The van der Waals surface area contributed by atoms with Crippen molar-refractivity contribution in [1.29, 1.82) is 0 Å². The van der Waals surface area contributed by atoms with Crippen molar-refractivity contribution in [3.05, 3.63) is 88.9 Å². The van der Waals surface area contributed by atoms with E-state index in [-0.39, 0.29) is 29.9 Å². The van der Waals surface area contributed by atoms with Gasteiger partial charge in [-0.25, -0.2) is 18.2 Å². The van der Waals surface area contributed by atoms with Crippen LogP contribution in [0.1, 0.15) is 53.7 Å². The molecule has 166 valence electrons. The van der Waals surface area contributed by atoms with Crippen LogP contribution in [0.4, 0.5) is 13.2 Å². The lowest BCUT2D eigenvalue weighted by Crippen LogP contribution is -2.31. The summed E-state index contributed by atoms with van der Waals surface area (Å²) in [5, 5.41) is 0. The number of pyridine rings is 1. The minimum Gasteiger partial charge on any atom is -0.328 e. The molecule has 1 aliphatic rings. The first-order chi connectivity index (χ1) is 15.3. The highest BCUT2D eigenvalue weighted by molar-refractivity contribution is 5.96. The summed E-state index contributed by atoms with van der Waals surface area (Å²) in [7, 11) is 0. The summed E-state index contributed by atoms with van der Waals surface area (Å²) in [4.78, 5) is 17.0. The molecular formula is C26H25F3N2O. The van der Waals surface area contributed by atoms with Crippen molar-refractivity contribution in [3.8, 4) is 11.3 Å². The second kappa shape index (κ2) is 9.25. The van der Waals surface area contributed by atoms with E-state index in [0.717, 1.165) is 48.6 Å². The number of hydrogen-bond donors (Lipinski definition) is 1. The molecule has 0 radical (unpaired) electrons. The van der Waals surface area contributed by atoms with Gasteiger partial charge in [0.25, 0.3) is 0 Å². The van der Waals surface area contributed by atoms with E-state index in [2.05, 4.69) is 11.9 Å². The molecule has 1 aliphatic carbocycles. The topological polar surface area (TPSA) is 56.0 Å². The third kappa shape index (κ3) is 4.60. The molecule has 0 unspecified atom stereocenters. The quantitative estimate of drug-likeness (QED) is 0.511. The highest BCUT2D eigenvalue weighted by atomic mass is 19.1. The second-order valence-electron chi connectivity index (χ2n) is 8.69. The van der Waals surface area contributed by atoms with E-state index >= 15 is 0 Å². The zero-order valence-corrected chi connectivity index (χ0v) is 17.8. The number of nitrogens with two attached hydrogens (primary N) is 1. The Morgan fingerprint density at radius 2 is 1.66 bits per heavy atom. The molecule has 3 aromatic rings. The molecule has 32 heavy (non-hydrogen) atoms. The first kappa shape index (κ1) is 22.2. The molecule has 6 heteroatoms. The van der Waals surface area contributed by atoms with Gasteiger partial charge in [-0.05, 0) is 66.5 Å². The molecule has 0 saturated heterocycles. The number of carbonyl (C=O) groups is 1. The molecule has 0 bridgehead atoms. The van der Waals surface area contributed by atoms with Crippen LogP contribution < -0.4 is 5.73 Å². The first-order valence-corrected chi connectivity index (χ1v) is 10.8. The molecule has 1 heterocycles. The average Bonchev–Trinajstić information content (AvgIpc) is 2.74. The molecule has 2 aromatic carbocycles. The highest BCUT2D eigenvalue weighted by Crippen LogP contribution is 2.37. The summed E-state index contributed by atoms with van der Waals surface area (Å²) in [5.74, 6) is -2.34. The lowest BCUT2D eigenvalue weighted by atomic mass is 9.75. The maximum Gasteiger partial charge on any atom is 0.185 e. The summed E-state index contributed by atoms with van der Waals surface area (Å²) in [6.45, 7) is 2.19. The lowest BCUT2D eigenvalue weighted by Gasteiger charge is -2.32. The van der Waals surface area contributed by atoms with Gasteiger partial charge in [-0.3, -0.25) is 4.79 Å². The molecule has 1 fully saturated rings. The third-order valence-electron chi connectivity index (χ3n) is 6.16. The fourth-order valence-electron chi connectivity index (χ4n) is 4.76. The van der Waals surface area contributed by atoms with Crippen molar-refractivity contribution in [1.82, 2.24) is 4.98 Å². The van der Waals surface area contributed by atoms with E-state index < -0.39 is 28.7 Å². The molecule has 0 amide bonds. The van der Waals surface area contributed by atoms with Crippen molar-refractivity contribution in [2.75, 3.05) is 0 Å². The third-order valence-corrected chi connectivity index (χ3v) is 6.16. The van der Waals surface area contributed by atoms with Crippen LogP contribution in [0.3, 0.4) is 0 Å². The standard InChI is InChI=1S/C26H25F3N2O/c1-15-11-17(13-18(30)12-15)19-6-3-2-5-16(19)14-24(32)23-10-9-22(29)26(31-23)25-20(27)7-4-8-21(25)28/h2-10,15,17-18H,11-14,30H2,1H3/t15-,17+,18-/m0/s1. The Hall–Kier alpha value is -2.99. The maximum atomic E-state index is 14.4. The zero-order chi connectivity index (χ0) is 22.8. The summed E-state index contributed by atoms with van der Waals surface area (Å²) in [5.41, 5.74) is 7.07. The molecule has 1 aromatic heterocycles. The summed E-state index contributed by atoms with van der Waals surface area (Å²) >= 11 is 0. The molecule has 2 N–H and O–H groups in total. The van der Waals surface area contributed by atoms with Crippen LogP contribution in [0, 0.1) is 23.4 Å². The number of aromatic nitrogens is 1. The Kier molecular flexibility index (Phi) is 6.42. The number of rotatable bonds is 5. The van der Waals surface area contributed by atoms with Crippen LogP contribution >= 0.6 is 0 Å².